The lowest BCUT2D eigenvalue weighted by Gasteiger charge is -2.21. The molecule has 0 N–H and O–H groups in total. The molecule has 0 saturated carbocycles. The lowest BCUT2D eigenvalue weighted by atomic mass is 10.1. The Morgan fingerprint density at radius 2 is 2.33 bits per heavy atom. The largest absolute Gasteiger partial charge is 0.376 e. The quantitative estimate of drug-likeness (QED) is 0.825. The number of nitrogens with zero attached hydrogens (tertiary/aromatic N) is 1. The molecule has 0 radical (unpaired) electrons. The highest BCUT2D eigenvalue weighted by molar-refractivity contribution is 5.94. The smallest absolute Gasteiger partial charge is 0.256 e. The highest BCUT2D eigenvalue weighted by Crippen LogP contribution is 2.16. The van der Waals surface area contributed by atoms with Crippen LogP contribution in [0, 0.1) is 12.7 Å². The Labute approximate surface area is 107 Å². The second-order valence-electron chi connectivity index (χ2n) is 4.80. The fourth-order valence-corrected chi connectivity index (χ4v) is 2.19. The van der Waals surface area contributed by atoms with Crippen LogP contribution < -0.4 is 0 Å². The van der Waals surface area contributed by atoms with Gasteiger partial charge in [0.05, 0.1) is 11.7 Å². The molecule has 1 saturated heterocycles. The second-order valence-corrected chi connectivity index (χ2v) is 4.80. The first-order chi connectivity index (χ1) is 8.58. The maximum Gasteiger partial charge on any atom is 0.256 e. The van der Waals surface area contributed by atoms with Crippen LogP contribution in [0.4, 0.5) is 4.39 Å². The van der Waals surface area contributed by atoms with Gasteiger partial charge in [-0.2, -0.15) is 0 Å². The Balaban J connectivity index is 2.07. The fourth-order valence-electron chi connectivity index (χ4n) is 2.19. The van der Waals surface area contributed by atoms with Gasteiger partial charge in [-0.05, 0) is 31.9 Å². The normalized spacial score (nSPS) is 18.9. The molecule has 98 valence electrons. The first-order valence-electron chi connectivity index (χ1n) is 6.21. The topological polar surface area (TPSA) is 29.5 Å². The van der Waals surface area contributed by atoms with E-state index in [1.807, 2.05) is 6.92 Å². The molecule has 18 heavy (non-hydrogen) atoms. The molecule has 1 heterocycles. The van der Waals surface area contributed by atoms with E-state index in [0.717, 1.165) is 25.0 Å². The standard InChI is InChI=1S/C14H18FNO2/c1-10-5-6-13(15)12(8-10)14(17)16(2)9-11-4-3-7-18-11/h5-6,8,11H,3-4,7,9H2,1-2H3. The summed E-state index contributed by atoms with van der Waals surface area (Å²) in [6.07, 6.45) is 2.09. The Bertz CT molecular complexity index is 441. The number of rotatable bonds is 3. The summed E-state index contributed by atoms with van der Waals surface area (Å²) in [6, 6.07) is 4.58. The lowest BCUT2D eigenvalue weighted by Crippen LogP contribution is -2.34. The molecular weight excluding hydrogens is 233 g/mol. The summed E-state index contributed by atoms with van der Waals surface area (Å²) in [7, 11) is 1.69. The number of likely N-dealkylation sites (N-methyl/N-ethyl adjacent to an activating group) is 1. The molecular formula is C14H18FNO2. The van der Waals surface area contributed by atoms with Gasteiger partial charge >= 0.3 is 0 Å². The molecule has 3 nitrogen and oxygen atoms in total. The SMILES string of the molecule is Cc1ccc(F)c(C(=O)N(C)CC2CCCO2)c1. The summed E-state index contributed by atoms with van der Waals surface area (Å²) >= 11 is 0. The Morgan fingerprint density at radius 3 is 3.00 bits per heavy atom. The van der Waals surface area contributed by atoms with Crippen LogP contribution in [0.3, 0.4) is 0 Å². The molecule has 1 aliphatic rings. The van der Waals surface area contributed by atoms with Crippen LogP contribution in [0.15, 0.2) is 18.2 Å². The second kappa shape index (κ2) is 5.48. The maximum absolute atomic E-state index is 13.6. The molecule has 1 atom stereocenters. The van der Waals surface area contributed by atoms with E-state index in [4.69, 9.17) is 4.74 Å². The van der Waals surface area contributed by atoms with Gasteiger partial charge in [0, 0.05) is 20.2 Å². The van der Waals surface area contributed by atoms with Crippen LogP contribution in [0.1, 0.15) is 28.8 Å². The average Bonchev–Trinajstić information content (AvgIpc) is 2.84. The van der Waals surface area contributed by atoms with Crippen molar-refractivity contribution >= 4 is 5.91 Å². The first kappa shape index (κ1) is 13.0. The van der Waals surface area contributed by atoms with Crippen molar-refractivity contribution in [2.45, 2.75) is 25.9 Å². The molecule has 0 aromatic heterocycles. The van der Waals surface area contributed by atoms with E-state index < -0.39 is 5.82 Å². The minimum absolute atomic E-state index is 0.0896. The van der Waals surface area contributed by atoms with E-state index in [1.54, 1.807) is 19.2 Å². The highest BCUT2D eigenvalue weighted by atomic mass is 19.1. The van der Waals surface area contributed by atoms with Crippen LogP contribution in [0.2, 0.25) is 0 Å². The zero-order valence-corrected chi connectivity index (χ0v) is 10.8. The summed E-state index contributed by atoms with van der Waals surface area (Å²) in [5.74, 6) is -0.753. The van der Waals surface area contributed by atoms with E-state index in [2.05, 4.69) is 0 Å². The number of halogens is 1. The Morgan fingerprint density at radius 1 is 1.56 bits per heavy atom. The highest BCUT2D eigenvalue weighted by Gasteiger charge is 2.22. The Hall–Kier alpha value is -1.42. The molecule has 1 unspecified atom stereocenters. The third-order valence-electron chi connectivity index (χ3n) is 3.20. The molecule has 0 spiro atoms. The summed E-state index contributed by atoms with van der Waals surface area (Å²) in [5.41, 5.74) is 1.01. The molecule has 1 aliphatic heterocycles. The van der Waals surface area contributed by atoms with Crippen molar-refractivity contribution in [3.05, 3.63) is 35.1 Å². The lowest BCUT2D eigenvalue weighted by molar-refractivity contribution is 0.0583. The third kappa shape index (κ3) is 2.88. The molecule has 1 aromatic rings. The predicted molar refractivity (Wildman–Crippen MR) is 67.1 cm³/mol. The van der Waals surface area contributed by atoms with Crippen molar-refractivity contribution in [3.63, 3.8) is 0 Å². The number of carbonyl (C=O) groups is 1. The van der Waals surface area contributed by atoms with Gasteiger partial charge < -0.3 is 9.64 Å². The predicted octanol–water partition coefficient (Wildman–Crippen LogP) is 2.39. The van der Waals surface area contributed by atoms with Gasteiger partial charge in [-0.3, -0.25) is 4.79 Å². The molecule has 0 bridgehead atoms. The van der Waals surface area contributed by atoms with E-state index in [9.17, 15) is 9.18 Å². The van der Waals surface area contributed by atoms with Crippen molar-refractivity contribution < 1.29 is 13.9 Å². The van der Waals surface area contributed by atoms with Crippen LogP contribution in [-0.2, 0) is 4.74 Å². The molecule has 0 aliphatic carbocycles. The third-order valence-corrected chi connectivity index (χ3v) is 3.20. The molecule has 4 heteroatoms. The van der Waals surface area contributed by atoms with E-state index in [1.165, 1.54) is 11.0 Å². The van der Waals surface area contributed by atoms with Gasteiger partial charge in [0.1, 0.15) is 5.82 Å². The van der Waals surface area contributed by atoms with Crippen LogP contribution in [0.5, 0.6) is 0 Å². The minimum Gasteiger partial charge on any atom is -0.376 e. The van der Waals surface area contributed by atoms with E-state index >= 15 is 0 Å². The average molecular weight is 251 g/mol. The molecule has 1 aromatic carbocycles. The number of hydrogen-bond donors (Lipinski definition) is 0. The van der Waals surface area contributed by atoms with Gasteiger partial charge in [-0.15, -0.1) is 0 Å². The summed E-state index contributed by atoms with van der Waals surface area (Å²) in [4.78, 5) is 13.7. The number of ether oxygens (including phenoxy) is 1. The Kier molecular flexibility index (Phi) is 3.97. The first-order valence-corrected chi connectivity index (χ1v) is 6.21. The number of carbonyl (C=O) groups excluding carboxylic acids is 1. The summed E-state index contributed by atoms with van der Waals surface area (Å²) in [5, 5.41) is 0. The van der Waals surface area contributed by atoms with Crippen molar-refractivity contribution in [2.75, 3.05) is 20.2 Å². The van der Waals surface area contributed by atoms with Crippen molar-refractivity contribution in [2.24, 2.45) is 0 Å². The van der Waals surface area contributed by atoms with Crippen LogP contribution >= 0.6 is 0 Å². The number of amides is 1. The zero-order valence-electron chi connectivity index (χ0n) is 10.8. The van der Waals surface area contributed by atoms with Gasteiger partial charge in [0.15, 0.2) is 0 Å². The van der Waals surface area contributed by atoms with Crippen molar-refractivity contribution in [1.29, 1.82) is 0 Å². The number of aryl methyl sites for hydroxylation is 1. The van der Waals surface area contributed by atoms with Gasteiger partial charge in [0.25, 0.3) is 5.91 Å². The van der Waals surface area contributed by atoms with Gasteiger partial charge in [0.2, 0.25) is 0 Å². The maximum atomic E-state index is 13.6. The van der Waals surface area contributed by atoms with Crippen LogP contribution in [0.25, 0.3) is 0 Å². The fraction of sp³-hybridized carbons (Fsp3) is 0.500. The number of hydrogen-bond acceptors (Lipinski definition) is 2. The van der Waals surface area contributed by atoms with Crippen molar-refractivity contribution in [3.8, 4) is 0 Å². The monoisotopic (exact) mass is 251 g/mol. The van der Waals surface area contributed by atoms with Crippen LogP contribution in [-0.4, -0.2) is 37.1 Å². The summed E-state index contributed by atoms with van der Waals surface area (Å²) < 4.78 is 19.1. The van der Waals surface area contributed by atoms with Crippen molar-refractivity contribution in [1.82, 2.24) is 4.90 Å². The zero-order chi connectivity index (χ0) is 13.1. The number of benzene rings is 1. The molecule has 1 amide bonds. The molecule has 1 fully saturated rings. The van der Waals surface area contributed by atoms with E-state index in [0.29, 0.717) is 6.54 Å². The van der Waals surface area contributed by atoms with Gasteiger partial charge in [-0.1, -0.05) is 11.6 Å². The van der Waals surface area contributed by atoms with E-state index in [-0.39, 0.29) is 17.6 Å². The molecule has 2 rings (SSSR count). The van der Waals surface area contributed by atoms with Gasteiger partial charge in [-0.25, -0.2) is 4.39 Å². The summed E-state index contributed by atoms with van der Waals surface area (Å²) in [6.45, 7) is 3.12. The minimum atomic E-state index is -0.468.